The SMILES string of the molecule is CNC1CCN(c2ccccc2I)C1. The lowest BCUT2D eigenvalue weighted by molar-refractivity contribution is 0.617. The Morgan fingerprint density at radius 2 is 2.21 bits per heavy atom. The highest BCUT2D eigenvalue weighted by atomic mass is 127. The number of hydrogen-bond donors (Lipinski definition) is 1. The Morgan fingerprint density at radius 1 is 1.43 bits per heavy atom. The topological polar surface area (TPSA) is 15.3 Å². The molecule has 0 amide bonds. The van der Waals surface area contributed by atoms with Crippen molar-refractivity contribution in [3.05, 3.63) is 27.8 Å². The first-order chi connectivity index (χ1) is 6.81. The Morgan fingerprint density at radius 3 is 2.86 bits per heavy atom. The van der Waals surface area contributed by atoms with E-state index in [2.05, 4.69) is 57.1 Å². The lowest BCUT2D eigenvalue weighted by Gasteiger charge is -2.19. The van der Waals surface area contributed by atoms with Gasteiger partial charge in [0.2, 0.25) is 0 Å². The standard InChI is InChI=1S/C11H15IN2/c1-13-9-6-7-14(8-9)11-5-3-2-4-10(11)12/h2-5,9,13H,6-8H2,1H3. The lowest BCUT2D eigenvalue weighted by Crippen LogP contribution is -2.29. The molecular formula is C11H15IN2. The fourth-order valence-corrected chi connectivity index (χ4v) is 2.65. The third-order valence-corrected chi connectivity index (χ3v) is 3.70. The number of halogens is 1. The van der Waals surface area contributed by atoms with Gasteiger partial charge in [-0.2, -0.15) is 0 Å². The molecule has 1 heterocycles. The molecular weight excluding hydrogens is 287 g/mol. The molecule has 1 saturated heterocycles. The van der Waals surface area contributed by atoms with E-state index in [1.54, 1.807) is 0 Å². The first-order valence-electron chi connectivity index (χ1n) is 4.98. The maximum Gasteiger partial charge on any atom is 0.0502 e. The van der Waals surface area contributed by atoms with Crippen LogP contribution in [-0.4, -0.2) is 26.2 Å². The summed E-state index contributed by atoms with van der Waals surface area (Å²) in [5.41, 5.74) is 1.38. The molecule has 1 aromatic rings. The van der Waals surface area contributed by atoms with E-state index >= 15 is 0 Å². The monoisotopic (exact) mass is 302 g/mol. The maximum atomic E-state index is 3.34. The number of hydrogen-bond acceptors (Lipinski definition) is 2. The van der Waals surface area contributed by atoms with E-state index in [0.717, 1.165) is 6.54 Å². The Kier molecular flexibility index (Phi) is 3.28. The molecule has 1 aliphatic rings. The molecule has 0 aromatic heterocycles. The molecule has 0 aliphatic carbocycles. The molecule has 1 atom stereocenters. The first kappa shape index (κ1) is 10.2. The van der Waals surface area contributed by atoms with Crippen LogP contribution in [0, 0.1) is 3.57 Å². The minimum Gasteiger partial charge on any atom is -0.369 e. The molecule has 2 nitrogen and oxygen atoms in total. The van der Waals surface area contributed by atoms with Crippen molar-refractivity contribution in [2.45, 2.75) is 12.5 Å². The summed E-state index contributed by atoms with van der Waals surface area (Å²) >= 11 is 2.41. The summed E-state index contributed by atoms with van der Waals surface area (Å²) in [6.45, 7) is 2.31. The molecule has 2 rings (SSSR count). The van der Waals surface area contributed by atoms with Crippen LogP contribution in [0.15, 0.2) is 24.3 Å². The van der Waals surface area contributed by atoms with Crippen molar-refractivity contribution in [1.82, 2.24) is 5.32 Å². The molecule has 14 heavy (non-hydrogen) atoms. The van der Waals surface area contributed by atoms with Crippen LogP contribution in [0.4, 0.5) is 5.69 Å². The second-order valence-corrected chi connectivity index (χ2v) is 4.83. The summed E-state index contributed by atoms with van der Waals surface area (Å²) in [5.74, 6) is 0. The van der Waals surface area contributed by atoms with Gasteiger partial charge in [-0.3, -0.25) is 0 Å². The summed E-state index contributed by atoms with van der Waals surface area (Å²) in [6, 6.07) is 9.25. The van der Waals surface area contributed by atoms with Gasteiger partial charge in [-0.15, -0.1) is 0 Å². The summed E-state index contributed by atoms with van der Waals surface area (Å²) < 4.78 is 1.35. The van der Waals surface area contributed by atoms with Gasteiger partial charge in [0.05, 0.1) is 5.69 Å². The lowest BCUT2D eigenvalue weighted by atomic mass is 10.3. The Hall–Kier alpha value is -0.290. The smallest absolute Gasteiger partial charge is 0.0502 e. The minimum absolute atomic E-state index is 0.658. The average Bonchev–Trinajstić information content (AvgIpc) is 2.67. The van der Waals surface area contributed by atoms with Gasteiger partial charge in [-0.25, -0.2) is 0 Å². The number of nitrogens with zero attached hydrogens (tertiary/aromatic N) is 1. The van der Waals surface area contributed by atoms with Crippen molar-refractivity contribution in [2.75, 3.05) is 25.0 Å². The van der Waals surface area contributed by atoms with Crippen LogP contribution in [0.5, 0.6) is 0 Å². The van der Waals surface area contributed by atoms with E-state index in [1.807, 2.05) is 7.05 Å². The molecule has 0 spiro atoms. The molecule has 3 heteroatoms. The number of anilines is 1. The zero-order valence-electron chi connectivity index (χ0n) is 8.33. The van der Waals surface area contributed by atoms with Crippen LogP contribution in [0.1, 0.15) is 6.42 Å². The van der Waals surface area contributed by atoms with Gasteiger partial charge in [0, 0.05) is 22.7 Å². The molecule has 0 radical (unpaired) electrons. The Balaban J connectivity index is 2.13. The fraction of sp³-hybridized carbons (Fsp3) is 0.455. The molecule has 0 bridgehead atoms. The molecule has 0 saturated carbocycles. The second-order valence-electron chi connectivity index (χ2n) is 3.67. The third-order valence-electron chi connectivity index (χ3n) is 2.79. The highest BCUT2D eigenvalue weighted by Crippen LogP contribution is 2.25. The van der Waals surface area contributed by atoms with Gasteiger partial charge < -0.3 is 10.2 Å². The van der Waals surface area contributed by atoms with Crippen LogP contribution in [0.3, 0.4) is 0 Å². The minimum atomic E-state index is 0.658. The van der Waals surface area contributed by atoms with E-state index in [1.165, 1.54) is 22.2 Å². The zero-order valence-corrected chi connectivity index (χ0v) is 10.5. The van der Waals surface area contributed by atoms with Crippen molar-refractivity contribution < 1.29 is 0 Å². The predicted molar refractivity (Wildman–Crippen MR) is 68.8 cm³/mol. The van der Waals surface area contributed by atoms with Crippen LogP contribution < -0.4 is 10.2 Å². The summed E-state index contributed by atoms with van der Waals surface area (Å²) in [4.78, 5) is 2.46. The van der Waals surface area contributed by atoms with Gasteiger partial charge >= 0.3 is 0 Å². The van der Waals surface area contributed by atoms with Gasteiger partial charge in [0.15, 0.2) is 0 Å². The summed E-state index contributed by atoms with van der Waals surface area (Å²) in [5, 5.41) is 3.34. The van der Waals surface area contributed by atoms with E-state index in [0.29, 0.717) is 6.04 Å². The summed E-state index contributed by atoms with van der Waals surface area (Å²) in [6.07, 6.45) is 1.25. The third kappa shape index (κ3) is 2.03. The molecule has 1 aliphatic heterocycles. The van der Waals surface area contributed by atoms with Crippen LogP contribution in [-0.2, 0) is 0 Å². The van der Waals surface area contributed by atoms with Crippen LogP contribution in [0.2, 0.25) is 0 Å². The first-order valence-corrected chi connectivity index (χ1v) is 6.06. The van der Waals surface area contributed by atoms with E-state index in [9.17, 15) is 0 Å². The average molecular weight is 302 g/mol. The van der Waals surface area contributed by atoms with Crippen molar-refractivity contribution in [3.63, 3.8) is 0 Å². The normalized spacial score (nSPS) is 21.6. The maximum absolute atomic E-state index is 3.34. The van der Waals surface area contributed by atoms with Crippen LogP contribution >= 0.6 is 22.6 Å². The van der Waals surface area contributed by atoms with Gasteiger partial charge in [-0.1, -0.05) is 12.1 Å². The molecule has 1 fully saturated rings. The zero-order chi connectivity index (χ0) is 9.97. The highest BCUT2D eigenvalue weighted by molar-refractivity contribution is 14.1. The number of rotatable bonds is 2. The Labute approximate surface area is 98.8 Å². The van der Waals surface area contributed by atoms with Crippen molar-refractivity contribution in [3.8, 4) is 0 Å². The number of nitrogens with one attached hydrogen (secondary N) is 1. The summed E-state index contributed by atoms with van der Waals surface area (Å²) in [7, 11) is 2.05. The second kappa shape index (κ2) is 4.49. The van der Waals surface area contributed by atoms with Crippen molar-refractivity contribution >= 4 is 28.3 Å². The molecule has 1 N–H and O–H groups in total. The van der Waals surface area contributed by atoms with Crippen molar-refractivity contribution in [1.29, 1.82) is 0 Å². The van der Waals surface area contributed by atoms with E-state index < -0.39 is 0 Å². The molecule has 1 unspecified atom stereocenters. The number of para-hydroxylation sites is 1. The number of likely N-dealkylation sites (N-methyl/N-ethyl adjacent to an activating group) is 1. The predicted octanol–water partition coefficient (Wildman–Crippen LogP) is 2.09. The molecule has 76 valence electrons. The molecule has 1 aromatic carbocycles. The van der Waals surface area contributed by atoms with Gasteiger partial charge in [-0.05, 0) is 48.2 Å². The van der Waals surface area contributed by atoms with E-state index in [-0.39, 0.29) is 0 Å². The van der Waals surface area contributed by atoms with Gasteiger partial charge in [0.25, 0.3) is 0 Å². The fourth-order valence-electron chi connectivity index (χ4n) is 1.92. The largest absolute Gasteiger partial charge is 0.369 e. The number of benzene rings is 1. The highest BCUT2D eigenvalue weighted by Gasteiger charge is 2.21. The van der Waals surface area contributed by atoms with Crippen LogP contribution in [0.25, 0.3) is 0 Å². The quantitative estimate of drug-likeness (QED) is 0.842. The Bertz CT molecular complexity index is 314. The van der Waals surface area contributed by atoms with E-state index in [4.69, 9.17) is 0 Å². The van der Waals surface area contributed by atoms with Gasteiger partial charge in [0.1, 0.15) is 0 Å². The van der Waals surface area contributed by atoms with Crippen molar-refractivity contribution in [2.24, 2.45) is 0 Å².